The molecule has 0 spiro atoms. The molecule has 0 radical (unpaired) electrons. The van der Waals surface area contributed by atoms with Crippen LogP contribution in [0.5, 0.6) is 0 Å². The van der Waals surface area contributed by atoms with Crippen LogP contribution >= 0.6 is 0 Å². The number of imide groups is 2. The summed E-state index contributed by atoms with van der Waals surface area (Å²) in [5, 5.41) is 13.4. The number of ether oxygens (including phenoxy) is 1. The molecule has 19 heteroatoms. The lowest BCUT2D eigenvalue weighted by Gasteiger charge is -2.18. The molecule has 0 aromatic heterocycles. The zero-order chi connectivity index (χ0) is 43.6. The minimum atomic E-state index is -0.671. The first-order valence-electron chi connectivity index (χ1n) is 20.3. The Balaban J connectivity index is 1.85. The molecule has 19 nitrogen and oxygen atoms in total. The third-order valence-corrected chi connectivity index (χ3v) is 9.25. The Labute approximate surface area is 344 Å². The molecule has 0 aromatic rings. The van der Waals surface area contributed by atoms with E-state index < -0.39 is 47.3 Å². The van der Waals surface area contributed by atoms with Gasteiger partial charge in [0.05, 0.1) is 6.10 Å². The highest BCUT2D eigenvalue weighted by Crippen LogP contribution is 2.17. The summed E-state index contributed by atoms with van der Waals surface area (Å²) >= 11 is 0. The standard InChI is InChI=1S/C40H59N7O12/c1-3-41-32(50)11-9-31(10-12-33(51)42-4-2)59-24-6-8-30(49)25-28(26-35(53)43-19-5-7-29(48)17-22-46-37(55)13-14-38(46)56)27-36(54)45-21-20-44-34(52)18-23-47-39(57)15-16-40(47)58/h13-16,28,31H,3-12,17-27H2,1-2H3,(H,41,50)(H,42,51)(H,43,53)(H,44,52)(H,45,54). The van der Waals surface area contributed by atoms with E-state index in [2.05, 4.69) is 26.6 Å². The van der Waals surface area contributed by atoms with Crippen LogP contribution in [0.1, 0.15) is 97.3 Å². The number of nitrogens with zero attached hydrogens (tertiary/aromatic N) is 2. The lowest BCUT2D eigenvalue weighted by atomic mass is 9.93. The van der Waals surface area contributed by atoms with E-state index in [0.717, 1.165) is 34.1 Å². The van der Waals surface area contributed by atoms with Crippen LogP contribution in [-0.2, 0) is 57.5 Å². The van der Waals surface area contributed by atoms with Gasteiger partial charge in [0.25, 0.3) is 23.6 Å². The first-order chi connectivity index (χ1) is 28.2. The number of ketones is 2. The van der Waals surface area contributed by atoms with Crippen molar-refractivity contribution in [2.45, 2.75) is 103 Å². The smallest absolute Gasteiger partial charge is 0.253 e. The van der Waals surface area contributed by atoms with Gasteiger partial charge in [-0.15, -0.1) is 0 Å². The molecular formula is C40H59N7O12. The Morgan fingerprint density at radius 1 is 0.508 bits per heavy atom. The molecule has 0 fully saturated rings. The highest BCUT2D eigenvalue weighted by atomic mass is 16.5. The third-order valence-electron chi connectivity index (χ3n) is 9.25. The number of rotatable bonds is 32. The van der Waals surface area contributed by atoms with E-state index in [0.29, 0.717) is 38.8 Å². The zero-order valence-corrected chi connectivity index (χ0v) is 34.1. The van der Waals surface area contributed by atoms with Gasteiger partial charge in [0.1, 0.15) is 11.6 Å². The summed E-state index contributed by atoms with van der Waals surface area (Å²) in [4.78, 5) is 136. The van der Waals surface area contributed by atoms with Crippen molar-refractivity contribution in [1.82, 2.24) is 36.4 Å². The molecule has 2 aliphatic rings. The molecule has 0 saturated heterocycles. The number of carbonyl (C=O) groups is 11. The van der Waals surface area contributed by atoms with Gasteiger partial charge in [0.15, 0.2) is 0 Å². The molecule has 2 aliphatic heterocycles. The van der Waals surface area contributed by atoms with E-state index in [-0.39, 0.29) is 127 Å². The second kappa shape index (κ2) is 27.9. The minimum Gasteiger partial charge on any atom is -0.378 e. The molecule has 0 aromatic carbocycles. The van der Waals surface area contributed by atoms with Crippen molar-refractivity contribution in [3.8, 4) is 0 Å². The normalized spacial score (nSPS) is 13.9. The van der Waals surface area contributed by atoms with Crippen molar-refractivity contribution >= 4 is 64.7 Å². The Hall–Kier alpha value is -5.59. The van der Waals surface area contributed by atoms with Gasteiger partial charge in [-0.1, -0.05) is 0 Å². The SMILES string of the molecule is CCNC(=O)CCC(CCC(=O)NCC)OCCCC(=O)CC(CC(=O)NCCCC(=O)CCN1C(=O)C=CC1=O)CC(=O)NCCNC(=O)CCN1C(=O)C=CC1=O. The van der Waals surface area contributed by atoms with E-state index in [4.69, 9.17) is 4.74 Å². The Bertz CT molecular complexity index is 1460. The van der Waals surface area contributed by atoms with Gasteiger partial charge < -0.3 is 31.3 Å². The van der Waals surface area contributed by atoms with Gasteiger partial charge in [0.2, 0.25) is 29.5 Å². The van der Waals surface area contributed by atoms with Crippen LogP contribution in [0.15, 0.2) is 24.3 Å². The van der Waals surface area contributed by atoms with Gasteiger partial charge in [-0.3, -0.25) is 62.5 Å². The first-order valence-corrected chi connectivity index (χ1v) is 20.3. The Morgan fingerprint density at radius 3 is 1.46 bits per heavy atom. The average Bonchev–Trinajstić information content (AvgIpc) is 3.69. The zero-order valence-electron chi connectivity index (χ0n) is 34.1. The van der Waals surface area contributed by atoms with Crippen LogP contribution in [0.3, 0.4) is 0 Å². The van der Waals surface area contributed by atoms with Gasteiger partial charge >= 0.3 is 0 Å². The van der Waals surface area contributed by atoms with Crippen LogP contribution < -0.4 is 26.6 Å². The van der Waals surface area contributed by atoms with E-state index in [1.165, 1.54) is 0 Å². The van der Waals surface area contributed by atoms with Crippen molar-refractivity contribution in [2.75, 3.05) is 52.4 Å². The first kappa shape index (κ1) is 49.6. The molecule has 2 rings (SSSR count). The quantitative estimate of drug-likeness (QED) is 0.0431. The number of hydrogen-bond donors (Lipinski definition) is 5. The fourth-order valence-electron chi connectivity index (χ4n) is 6.18. The highest BCUT2D eigenvalue weighted by Gasteiger charge is 2.25. The second-order valence-electron chi connectivity index (χ2n) is 14.1. The summed E-state index contributed by atoms with van der Waals surface area (Å²) in [5.74, 6) is -4.55. The maximum atomic E-state index is 13.1. The van der Waals surface area contributed by atoms with Crippen molar-refractivity contribution in [2.24, 2.45) is 5.92 Å². The molecule has 1 atom stereocenters. The number of carbonyl (C=O) groups excluding carboxylic acids is 11. The van der Waals surface area contributed by atoms with Gasteiger partial charge in [-0.05, 0) is 45.4 Å². The summed E-state index contributed by atoms with van der Waals surface area (Å²) in [6, 6.07) is 0. The third kappa shape index (κ3) is 21.1. The fourth-order valence-corrected chi connectivity index (χ4v) is 6.18. The average molecular weight is 830 g/mol. The van der Waals surface area contributed by atoms with Crippen molar-refractivity contribution < 1.29 is 57.5 Å². The number of nitrogens with one attached hydrogen (secondary N) is 5. The van der Waals surface area contributed by atoms with Crippen LogP contribution in [0.2, 0.25) is 0 Å². The van der Waals surface area contributed by atoms with Crippen molar-refractivity contribution in [3.05, 3.63) is 24.3 Å². The molecule has 0 saturated carbocycles. The van der Waals surface area contributed by atoms with Crippen molar-refractivity contribution in [1.29, 1.82) is 0 Å². The van der Waals surface area contributed by atoms with E-state index in [9.17, 15) is 52.7 Å². The lowest BCUT2D eigenvalue weighted by Crippen LogP contribution is -2.38. The van der Waals surface area contributed by atoms with Crippen molar-refractivity contribution in [3.63, 3.8) is 0 Å². The highest BCUT2D eigenvalue weighted by molar-refractivity contribution is 6.13. The van der Waals surface area contributed by atoms with E-state index in [1.54, 1.807) is 0 Å². The molecule has 0 aliphatic carbocycles. The number of Topliss-reactive ketones (excluding diaryl/α,β-unsaturated/α-hetero) is 2. The molecule has 5 N–H and O–H groups in total. The summed E-state index contributed by atoms with van der Waals surface area (Å²) in [6.45, 7) is 4.96. The molecule has 1 unspecified atom stereocenters. The largest absolute Gasteiger partial charge is 0.378 e. The molecular weight excluding hydrogens is 770 g/mol. The molecule has 59 heavy (non-hydrogen) atoms. The molecule has 326 valence electrons. The Kier molecular flexibility index (Phi) is 23.5. The number of hydrogen-bond acceptors (Lipinski definition) is 12. The van der Waals surface area contributed by atoms with E-state index in [1.807, 2.05) is 13.8 Å². The topological polar surface area (TPSA) is 264 Å². The lowest BCUT2D eigenvalue weighted by molar-refractivity contribution is -0.139. The molecule has 9 amide bonds. The van der Waals surface area contributed by atoms with Gasteiger partial charge in [-0.2, -0.15) is 0 Å². The predicted octanol–water partition coefficient (Wildman–Crippen LogP) is -0.332. The second-order valence-corrected chi connectivity index (χ2v) is 14.1. The summed E-state index contributed by atoms with van der Waals surface area (Å²) in [7, 11) is 0. The predicted molar refractivity (Wildman–Crippen MR) is 211 cm³/mol. The maximum Gasteiger partial charge on any atom is 0.253 e. The van der Waals surface area contributed by atoms with Crippen LogP contribution in [0, 0.1) is 5.92 Å². The van der Waals surface area contributed by atoms with Gasteiger partial charge in [0, 0.05) is 135 Å². The Morgan fingerprint density at radius 2 is 0.949 bits per heavy atom. The molecule has 2 heterocycles. The minimum absolute atomic E-state index is 0.00760. The number of amides is 9. The fraction of sp³-hybridized carbons (Fsp3) is 0.625. The van der Waals surface area contributed by atoms with Crippen LogP contribution in [-0.4, -0.2) is 133 Å². The van der Waals surface area contributed by atoms with Crippen LogP contribution in [0.4, 0.5) is 0 Å². The maximum absolute atomic E-state index is 13.1. The van der Waals surface area contributed by atoms with Crippen LogP contribution in [0.25, 0.3) is 0 Å². The summed E-state index contributed by atoms with van der Waals surface area (Å²) < 4.78 is 5.96. The monoisotopic (exact) mass is 829 g/mol. The summed E-state index contributed by atoms with van der Waals surface area (Å²) in [6.07, 6.45) is 5.73. The molecule has 0 bridgehead atoms. The van der Waals surface area contributed by atoms with E-state index >= 15 is 0 Å². The van der Waals surface area contributed by atoms with Gasteiger partial charge in [-0.25, -0.2) is 0 Å². The summed E-state index contributed by atoms with van der Waals surface area (Å²) in [5.41, 5.74) is 0.